The van der Waals surface area contributed by atoms with Crippen LogP contribution in [0, 0.1) is 0 Å². The van der Waals surface area contributed by atoms with E-state index in [0.29, 0.717) is 6.54 Å². The molecule has 1 heterocycles. The Kier molecular flexibility index (Phi) is 3.54. The molecule has 104 valence electrons. The molecule has 0 fully saturated rings. The van der Waals surface area contributed by atoms with Gasteiger partial charge in [0, 0.05) is 0 Å². The smallest absolute Gasteiger partial charge is 0.265 e. The van der Waals surface area contributed by atoms with E-state index < -0.39 is 6.10 Å². The maximum atomic E-state index is 11.7. The minimum absolute atomic E-state index is 0.0200. The second-order valence-corrected chi connectivity index (χ2v) is 6.05. The Morgan fingerprint density at radius 1 is 1.37 bits per heavy atom. The van der Waals surface area contributed by atoms with Gasteiger partial charge in [-0.15, -0.1) is 0 Å². The number of nitrogens with two attached hydrogens (primary N) is 1. The first-order valence-electron chi connectivity index (χ1n) is 6.68. The van der Waals surface area contributed by atoms with Crippen LogP contribution in [0.4, 0.5) is 5.69 Å². The van der Waals surface area contributed by atoms with Gasteiger partial charge in [0.1, 0.15) is 5.75 Å². The third-order valence-electron chi connectivity index (χ3n) is 3.37. The molecule has 19 heavy (non-hydrogen) atoms. The highest BCUT2D eigenvalue weighted by Crippen LogP contribution is 2.38. The summed E-state index contributed by atoms with van der Waals surface area (Å²) >= 11 is 0. The number of fused-ring (bicyclic) bond motifs is 1. The first-order valence-corrected chi connectivity index (χ1v) is 6.68. The summed E-state index contributed by atoms with van der Waals surface area (Å²) in [4.78, 5) is 11.7. The summed E-state index contributed by atoms with van der Waals surface area (Å²) in [5, 5.41) is 2.92. The number of hydrogen-bond acceptors (Lipinski definition) is 3. The lowest BCUT2D eigenvalue weighted by molar-refractivity contribution is -0.122. The highest BCUT2D eigenvalue weighted by Gasteiger charge is 2.27. The molecule has 1 aromatic carbocycles. The topological polar surface area (TPSA) is 64.3 Å². The molecule has 0 saturated carbocycles. The van der Waals surface area contributed by atoms with Crippen LogP contribution in [0.2, 0.25) is 0 Å². The molecule has 1 amide bonds. The number of anilines is 1. The van der Waals surface area contributed by atoms with Crippen molar-refractivity contribution < 1.29 is 9.53 Å². The summed E-state index contributed by atoms with van der Waals surface area (Å²) in [7, 11) is 0. The van der Waals surface area contributed by atoms with Gasteiger partial charge >= 0.3 is 0 Å². The fraction of sp³-hybridized carbons (Fsp3) is 0.533. The number of carbonyl (C=O) groups is 1. The van der Waals surface area contributed by atoms with E-state index in [1.807, 2.05) is 6.07 Å². The van der Waals surface area contributed by atoms with Crippen LogP contribution < -0.4 is 15.8 Å². The standard InChI is InChI=1S/C15H22N2O2/c1-9-14(18)17-12-8-11(15(2,3)4)7-10(5-6-16)13(12)19-9/h7-9H,5-6,16H2,1-4H3,(H,17,18). The summed E-state index contributed by atoms with van der Waals surface area (Å²) in [5.74, 6) is 0.669. The molecule has 0 aromatic heterocycles. The fourth-order valence-corrected chi connectivity index (χ4v) is 2.16. The Labute approximate surface area is 114 Å². The van der Waals surface area contributed by atoms with Crippen molar-refractivity contribution in [2.24, 2.45) is 5.73 Å². The van der Waals surface area contributed by atoms with Crippen LogP contribution in [0.25, 0.3) is 0 Å². The monoisotopic (exact) mass is 262 g/mol. The zero-order chi connectivity index (χ0) is 14.2. The zero-order valence-electron chi connectivity index (χ0n) is 12.0. The van der Waals surface area contributed by atoms with Crippen LogP contribution in [-0.4, -0.2) is 18.6 Å². The molecular weight excluding hydrogens is 240 g/mol. The molecule has 1 atom stereocenters. The molecule has 1 aromatic rings. The number of nitrogens with one attached hydrogen (secondary N) is 1. The Morgan fingerprint density at radius 2 is 2.05 bits per heavy atom. The average Bonchev–Trinajstić information content (AvgIpc) is 2.30. The van der Waals surface area contributed by atoms with Gasteiger partial charge in [0.2, 0.25) is 0 Å². The number of benzene rings is 1. The molecule has 0 spiro atoms. The number of ether oxygens (including phenoxy) is 1. The first kappa shape index (κ1) is 13.9. The van der Waals surface area contributed by atoms with Crippen molar-refractivity contribution in [2.75, 3.05) is 11.9 Å². The normalized spacial score (nSPS) is 18.6. The van der Waals surface area contributed by atoms with Crippen LogP contribution in [0.3, 0.4) is 0 Å². The quantitative estimate of drug-likeness (QED) is 0.858. The van der Waals surface area contributed by atoms with E-state index in [0.717, 1.165) is 23.4 Å². The van der Waals surface area contributed by atoms with Crippen LogP contribution in [-0.2, 0) is 16.6 Å². The van der Waals surface area contributed by atoms with Crippen molar-refractivity contribution in [3.63, 3.8) is 0 Å². The van der Waals surface area contributed by atoms with Gasteiger partial charge in [0.25, 0.3) is 5.91 Å². The molecule has 0 bridgehead atoms. The van der Waals surface area contributed by atoms with Crippen LogP contribution in [0.5, 0.6) is 5.75 Å². The van der Waals surface area contributed by atoms with Crippen molar-refractivity contribution >= 4 is 11.6 Å². The largest absolute Gasteiger partial charge is 0.478 e. The first-order chi connectivity index (χ1) is 8.82. The van der Waals surface area contributed by atoms with Gasteiger partial charge in [-0.2, -0.15) is 0 Å². The summed E-state index contributed by atoms with van der Waals surface area (Å²) < 4.78 is 5.73. The highest BCUT2D eigenvalue weighted by molar-refractivity contribution is 5.98. The maximum absolute atomic E-state index is 11.7. The Balaban J connectivity index is 2.53. The average molecular weight is 262 g/mol. The number of amides is 1. The third-order valence-corrected chi connectivity index (χ3v) is 3.37. The Bertz CT molecular complexity index is 504. The summed E-state index contributed by atoms with van der Waals surface area (Å²) in [6, 6.07) is 4.13. The van der Waals surface area contributed by atoms with Gasteiger partial charge < -0.3 is 15.8 Å². The van der Waals surface area contributed by atoms with Crippen molar-refractivity contribution in [3.8, 4) is 5.75 Å². The van der Waals surface area contributed by atoms with Crippen LogP contribution in [0.1, 0.15) is 38.8 Å². The number of hydrogen-bond donors (Lipinski definition) is 2. The van der Waals surface area contributed by atoms with Crippen LogP contribution >= 0.6 is 0 Å². The molecule has 4 nitrogen and oxygen atoms in total. The lowest BCUT2D eigenvalue weighted by Gasteiger charge is -2.29. The lowest BCUT2D eigenvalue weighted by atomic mass is 9.85. The predicted molar refractivity (Wildman–Crippen MR) is 76.6 cm³/mol. The minimum Gasteiger partial charge on any atom is -0.478 e. The van der Waals surface area contributed by atoms with Gasteiger partial charge in [-0.1, -0.05) is 26.8 Å². The molecule has 4 heteroatoms. The van der Waals surface area contributed by atoms with Gasteiger partial charge in [0.05, 0.1) is 5.69 Å². The molecule has 1 aliphatic rings. The fourth-order valence-electron chi connectivity index (χ4n) is 2.16. The second kappa shape index (κ2) is 4.85. The highest BCUT2D eigenvalue weighted by atomic mass is 16.5. The van der Waals surface area contributed by atoms with E-state index in [4.69, 9.17) is 10.5 Å². The summed E-state index contributed by atoms with van der Waals surface area (Å²) in [6.45, 7) is 8.76. The lowest BCUT2D eigenvalue weighted by Crippen LogP contribution is -2.35. The van der Waals surface area contributed by atoms with Gasteiger partial charge in [0.15, 0.2) is 6.10 Å². The Hall–Kier alpha value is -1.55. The summed E-state index contributed by atoms with van der Waals surface area (Å²) in [5.41, 5.74) is 8.70. The van der Waals surface area contributed by atoms with Crippen LogP contribution in [0.15, 0.2) is 12.1 Å². The molecular formula is C15H22N2O2. The molecule has 1 aliphatic heterocycles. The maximum Gasteiger partial charge on any atom is 0.265 e. The predicted octanol–water partition coefficient (Wildman–Crippen LogP) is 2.20. The molecule has 0 radical (unpaired) electrons. The van der Waals surface area contributed by atoms with Crippen molar-refractivity contribution in [1.82, 2.24) is 0 Å². The van der Waals surface area contributed by atoms with Crippen molar-refractivity contribution in [2.45, 2.75) is 45.6 Å². The van der Waals surface area contributed by atoms with E-state index in [1.165, 1.54) is 5.56 Å². The minimum atomic E-state index is -0.454. The van der Waals surface area contributed by atoms with Crippen molar-refractivity contribution in [1.29, 1.82) is 0 Å². The van der Waals surface area contributed by atoms with Gasteiger partial charge in [-0.25, -0.2) is 0 Å². The Morgan fingerprint density at radius 3 is 2.63 bits per heavy atom. The molecule has 2 rings (SSSR count). The van der Waals surface area contributed by atoms with E-state index >= 15 is 0 Å². The van der Waals surface area contributed by atoms with E-state index in [1.54, 1.807) is 6.92 Å². The van der Waals surface area contributed by atoms with Gasteiger partial charge in [-0.05, 0) is 42.5 Å². The molecule has 3 N–H and O–H groups in total. The zero-order valence-corrected chi connectivity index (χ0v) is 12.0. The van der Waals surface area contributed by atoms with E-state index in [-0.39, 0.29) is 11.3 Å². The molecule has 0 saturated heterocycles. The molecule has 1 unspecified atom stereocenters. The number of carbonyl (C=O) groups excluding carboxylic acids is 1. The van der Waals surface area contributed by atoms with E-state index in [9.17, 15) is 4.79 Å². The number of rotatable bonds is 2. The summed E-state index contributed by atoms with van der Waals surface area (Å²) in [6.07, 6.45) is 0.291. The van der Waals surface area contributed by atoms with Crippen molar-refractivity contribution in [3.05, 3.63) is 23.3 Å². The van der Waals surface area contributed by atoms with E-state index in [2.05, 4.69) is 32.2 Å². The molecule has 0 aliphatic carbocycles. The second-order valence-electron chi connectivity index (χ2n) is 6.05. The van der Waals surface area contributed by atoms with Gasteiger partial charge in [-0.3, -0.25) is 4.79 Å². The SMILES string of the molecule is CC1Oc2c(CCN)cc(C(C)(C)C)cc2NC1=O. The third kappa shape index (κ3) is 2.73.